The molecule has 2 aromatic rings. The van der Waals surface area contributed by atoms with Crippen LogP contribution >= 0.6 is 11.3 Å². The van der Waals surface area contributed by atoms with E-state index in [1.54, 1.807) is 17.0 Å². The fourth-order valence-electron chi connectivity index (χ4n) is 2.30. The van der Waals surface area contributed by atoms with Gasteiger partial charge in [-0.15, -0.1) is 11.3 Å². The molecule has 100 valence electrons. The van der Waals surface area contributed by atoms with Crippen LogP contribution in [-0.4, -0.2) is 37.0 Å². The maximum atomic E-state index is 13.8. The number of fused-ring (bicyclic) bond motifs is 1. The van der Waals surface area contributed by atoms with E-state index in [0.29, 0.717) is 23.4 Å². The number of carbonyl (C=O) groups excluding carboxylic acids is 1. The fraction of sp³-hybridized carbons (Fsp3) is 0.308. The number of anilines is 1. The third-order valence-corrected chi connectivity index (χ3v) is 4.46. The molecule has 3 N–H and O–H groups in total. The van der Waals surface area contributed by atoms with Gasteiger partial charge in [-0.1, -0.05) is 6.07 Å². The van der Waals surface area contributed by atoms with Crippen LogP contribution in [0.5, 0.6) is 0 Å². The number of rotatable bonds is 1. The van der Waals surface area contributed by atoms with Gasteiger partial charge >= 0.3 is 0 Å². The second-order valence-electron chi connectivity index (χ2n) is 4.50. The van der Waals surface area contributed by atoms with E-state index in [1.165, 1.54) is 17.4 Å². The Morgan fingerprint density at radius 1 is 1.37 bits per heavy atom. The van der Waals surface area contributed by atoms with Gasteiger partial charge < -0.3 is 16.0 Å². The Hall–Kier alpha value is -1.66. The summed E-state index contributed by atoms with van der Waals surface area (Å²) in [6, 6.07) is 4.78. The van der Waals surface area contributed by atoms with Crippen LogP contribution in [0.1, 0.15) is 9.67 Å². The molecule has 19 heavy (non-hydrogen) atoms. The van der Waals surface area contributed by atoms with Gasteiger partial charge in [0, 0.05) is 30.9 Å². The molecule has 4 nitrogen and oxygen atoms in total. The van der Waals surface area contributed by atoms with Crippen LogP contribution in [0.25, 0.3) is 10.1 Å². The van der Waals surface area contributed by atoms with Crippen molar-refractivity contribution in [3.05, 3.63) is 28.9 Å². The van der Waals surface area contributed by atoms with Crippen LogP contribution in [0, 0.1) is 5.82 Å². The normalized spacial score (nSPS) is 15.9. The Labute approximate surface area is 114 Å². The van der Waals surface area contributed by atoms with Gasteiger partial charge in [-0.3, -0.25) is 4.79 Å². The van der Waals surface area contributed by atoms with Crippen molar-refractivity contribution in [3.63, 3.8) is 0 Å². The summed E-state index contributed by atoms with van der Waals surface area (Å²) in [5.74, 6) is -0.467. The van der Waals surface area contributed by atoms with E-state index in [1.807, 2.05) is 0 Å². The van der Waals surface area contributed by atoms with E-state index in [4.69, 9.17) is 5.73 Å². The number of piperazine rings is 1. The highest BCUT2D eigenvalue weighted by Gasteiger charge is 2.24. The van der Waals surface area contributed by atoms with Crippen LogP contribution in [0.15, 0.2) is 18.2 Å². The second-order valence-corrected chi connectivity index (χ2v) is 5.55. The van der Waals surface area contributed by atoms with Gasteiger partial charge in [-0.25, -0.2) is 4.39 Å². The molecule has 1 fully saturated rings. The summed E-state index contributed by atoms with van der Waals surface area (Å²) in [6.45, 7) is 2.89. The van der Waals surface area contributed by atoms with Crippen molar-refractivity contribution in [2.24, 2.45) is 0 Å². The molecule has 1 aromatic heterocycles. The SMILES string of the molecule is Nc1c(C(=O)N2CCNCC2)sc2cccc(F)c12. The van der Waals surface area contributed by atoms with Crippen molar-refractivity contribution >= 4 is 33.0 Å². The summed E-state index contributed by atoms with van der Waals surface area (Å²) in [5.41, 5.74) is 6.22. The Bertz CT molecular complexity index is 634. The van der Waals surface area contributed by atoms with Crippen LogP contribution in [0.2, 0.25) is 0 Å². The van der Waals surface area contributed by atoms with Crippen molar-refractivity contribution < 1.29 is 9.18 Å². The van der Waals surface area contributed by atoms with Crippen LogP contribution < -0.4 is 11.1 Å². The highest BCUT2D eigenvalue weighted by molar-refractivity contribution is 7.21. The predicted octanol–water partition coefficient (Wildman–Crippen LogP) is 1.67. The molecule has 3 rings (SSSR count). The van der Waals surface area contributed by atoms with E-state index < -0.39 is 0 Å². The molecule has 0 spiro atoms. The van der Waals surface area contributed by atoms with Crippen molar-refractivity contribution in [3.8, 4) is 0 Å². The number of nitrogens with one attached hydrogen (secondary N) is 1. The molecule has 1 aromatic carbocycles. The minimum absolute atomic E-state index is 0.0976. The number of halogens is 1. The van der Waals surface area contributed by atoms with Gasteiger partial charge in [0.25, 0.3) is 5.91 Å². The average Bonchev–Trinajstić information content (AvgIpc) is 2.78. The number of nitrogens with two attached hydrogens (primary N) is 1. The number of nitrogens with zero attached hydrogens (tertiary/aromatic N) is 1. The van der Waals surface area contributed by atoms with Gasteiger partial charge in [0.15, 0.2) is 0 Å². The Kier molecular flexibility index (Phi) is 3.12. The zero-order valence-electron chi connectivity index (χ0n) is 10.3. The lowest BCUT2D eigenvalue weighted by Crippen LogP contribution is -2.46. The minimum atomic E-state index is -0.370. The standard InChI is InChI=1S/C13H14FN3OS/c14-8-2-1-3-9-10(8)11(15)12(19-9)13(18)17-6-4-16-5-7-17/h1-3,16H,4-7,15H2. The number of thiophene rings is 1. The fourth-order valence-corrected chi connectivity index (χ4v) is 3.40. The number of hydrogen-bond donors (Lipinski definition) is 2. The van der Waals surface area contributed by atoms with Crippen LogP contribution in [0.4, 0.5) is 10.1 Å². The van der Waals surface area contributed by atoms with Gasteiger partial charge in [-0.2, -0.15) is 0 Å². The maximum absolute atomic E-state index is 13.8. The Morgan fingerprint density at radius 2 is 2.11 bits per heavy atom. The molecular formula is C13H14FN3OS. The van der Waals surface area contributed by atoms with E-state index in [-0.39, 0.29) is 17.4 Å². The molecule has 0 bridgehead atoms. The predicted molar refractivity (Wildman–Crippen MR) is 75.0 cm³/mol. The van der Waals surface area contributed by atoms with Gasteiger partial charge in [0.2, 0.25) is 0 Å². The lowest BCUT2D eigenvalue weighted by molar-refractivity contribution is 0.0742. The van der Waals surface area contributed by atoms with E-state index in [0.717, 1.165) is 17.8 Å². The van der Waals surface area contributed by atoms with Gasteiger partial charge in [0.1, 0.15) is 10.7 Å². The maximum Gasteiger partial charge on any atom is 0.266 e. The molecule has 0 aliphatic carbocycles. The molecule has 2 heterocycles. The topological polar surface area (TPSA) is 58.4 Å². The van der Waals surface area contributed by atoms with Crippen LogP contribution in [0.3, 0.4) is 0 Å². The number of amides is 1. The monoisotopic (exact) mass is 279 g/mol. The number of nitrogen functional groups attached to an aromatic ring is 1. The first-order valence-electron chi connectivity index (χ1n) is 6.15. The Balaban J connectivity index is 2.03. The molecule has 1 saturated heterocycles. The van der Waals surface area contributed by atoms with E-state index in [2.05, 4.69) is 5.32 Å². The minimum Gasteiger partial charge on any atom is -0.397 e. The summed E-state index contributed by atoms with van der Waals surface area (Å²) < 4.78 is 14.5. The van der Waals surface area contributed by atoms with E-state index in [9.17, 15) is 9.18 Å². The summed E-state index contributed by atoms with van der Waals surface area (Å²) in [5, 5.41) is 3.56. The number of hydrogen-bond acceptors (Lipinski definition) is 4. The zero-order valence-corrected chi connectivity index (χ0v) is 11.1. The quantitative estimate of drug-likeness (QED) is 0.835. The molecule has 0 unspecified atom stereocenters. The largest absolute Gasteiger partial charge is 0.397 e. The third kappa shape index (κ3) is 2.06. The molecular weight excluding hydrogens is 265 g/mol. The molecule has 6 heteroatoms. The molecule has 0 atom stereocenters. The van der Waals surface area contributed by atoms with Crippen molar-refractivity contribution in [2.75, 3.05) is 31.9 Å². The number of benzene rings is 1. The molecule has 1 aliphatic rings. The smallest absolute Gasteiger partial charge is 0.266 e. The first-order valence-corrected chi connectivity index (χ1v) is 6.96. The number of carbonyl (C=O) groups is 1. The van der Waals surface area contributed by atoms with E-state index >= 15 is 0 Å². The van der Waals surface area contributed by atoms with Gasteiger partial charge in [-0.05, 0) is 12.1 Å². The highest BCUT2D eigenvalue weighted by atomic mass is 32.1. The molecule has 1 aliphatic heterocycles. The lowest BCUT2D eigenvalue weighted by atomic mass is 10.2. The summed E-state index contributed by atoms with van der Waals surface area (Å²) in [6.07, 6.45) is 0. The van der Waals surface area contributed by atoms with Crippen molar-refractivity contribution in [2.45, 2.75) is 0 Å². The van der Waals surface area contributed by atoms with Gasteiger partial charge in [0.05, 0.1) is 11.1 Å². The first kappa shape index (κ1) is 12.4. The molecule has 0 radical (unpaired) electrons. The summed E-state index contributed by atoms with van der Waals surface area (Å²) in [4.78, 5) is 14.6. The Morgan fingerprint density at radius 3 is 2.79 bits per heavy atom. The average molecular weight is 279 g/mol. The summed E-state index contributed by atoms with van der Waals surface area (Å²) >= 11 is 1.26. The summed E-state index contributed by atoms with van der Waals surface area (Å²) in [7, 11) is 0. The van der Waals surface area contributed by atoms with Crippen molar-refractivity contribution in [1.29, 1.82) is 0 Å². The third-order valence-electron chi connectivity index (χ3n) is 3.30. The first-order chi connectivity index (χ1) is 9.18. The molecule has 0 saturated carbocycles. The lowest BCUT2D eigenvalue weighted by Gasteiger charge is -2.27. The van der Waals surface area contributed by atoms with Crippen molar-refractivity contribution in [1.82, 2.24) is 10.2 Å². The van der Waals surface area contributed by atoms with Crippen LogP contribution in [-0.2, 0) is 0 Å². The highest BCUT2D eigenvalue weighted by Crippen LogP contribution is 2.35. The zero-order chi connectivity index (χ0) is 13.4. The molecule has 1 amide bonds. The second kappa shape index (κ2) is 4.79.